The third kappa shape index (κ3) is 2.74. The molecule has 2 aromatic rings. The summed E-state index contributed by atoms with van der Waals surface area (Å²) >= 11 is 1.66. The number of piperidine rings is 1. The van der Waals surface area contributed by atoms with Crippen molar-refractivity contribution in [2.24, 2.45) is 0 Å². The number of nitrogens with zero attached hydrogens (tertiary/aromatic N) is 2. The van der Waals surface area contributed by atoms with Crippen molar-refractivity contribution < 1.29 is 9.53 Å². The number of hydrogen-bond donors (Lipinski definition) is 2. The summed E-state index contributed by atoms with van der Waals surface area (Å²) < 4.78 is 6.11. The highest BCUT2D eigenvalue weighted by Gasteiger charge is 2.43. The fraction of sp³-hybridized carbons (Fsp3) is 0.500. The molecule has 1 saturated heterocycles. The van der Waals surface area contributed by atoms with Gasteiger partial charge < -0.3 is 15.0 Å². The lowest BCUT2D eigenvalue weighted by molar-refractivity contribution is -0.0953. The molecule has 0 unspecified atom stereocenters. The van der Waals surface area contributed by atoms with E-state index in [0.717, 1.165) is 31.6 Å². The largest absolute Gasteiger partial charge is 0.368 e. The average Bonchev–Trinajstić information content (AvgIpc) is 3.25. The first-order valence-corrected chi connectivity index (χ1v) is 8.87. The van der Waals surface area contributed by atoms with Crippen LogP contribution in [0.2, 0.25) is 0 Å². The Kier molecular flexibility index (Phi) is 3.82. The molecule has 2 aliphatic rings. The van der Waals surface area contributed by atoms with Gasteiger partial charge in [-0.2, -0.15) is 5.10 Å². The van der Waals surface area contributed by atoms with E-state index < -0.39 is 0 Å². The molecule has 0 radical (unpaired) electrons. The van der Waals surface area contributed by atoms with Crippen molar-refractivity contribution in [2.45, 2.75) is 31.4 Å². The topological polar surface area (TPSA) is 70.2 Å². The van der Waals surface area contributed by atoms with Gasteiger partial charge in [0.25, 0.3) is 0 Å². The smallest absolute Gasteiger partial charge is 0.317 e. The number of fused-ring (bicyclic) bond motifs is 2. The third-order valence-corrected chi connectivity index (χ3v) is 5.65. The Bertz CT molecular complexity index is 674. The van der Waals surface area contributed by atoms with E-state index in [1.807, 2.05) is 28.6 Å². The Labute approximate surface area is 138 Å². The standard InChI is InChI=1S/C16H20N4O2S/c21-15(17-11-13-2-1-9-23-13)20-6-4-16(5-7-20)14-12(3-8-22-16)10-18-19-14/h1-2,9-10H,3-8,11H2,(H,17,21)(H,18,19). The highest BCUT2D eigenvalue weighted by atomic mass is 32.1. The highest BCUT2D eigenvalue weighted by Crippen LogP contribution is 2.40. The number of thiophene rings is 1. The fourth-order valence-electron chi connectivity index (χ4n) is 3.48. The summed E-state index contributed by atoms with van der Waals surface area (Å²) in [4.78, 5) is 15.4. The minimum Gasteiger partial charge on any atom is -0.368 e. The number of amides is 2. The van der Waals surface area contributed by atoms with Gasteiger partial charge in [-0.25, -0.2) is 4.79 Å². The molecule has 0 saturated carbocycles. The molecule has 23 heavy (non-hydrogen) atoms. The first-order valence-electron chi connectivity index (χ1n) is 7.99. The van der Waals surface area contributed by atoms with Gasteiger partial charge in [0, 0.05) is 18.0 Å². The van der Waals surface area contributed by atoms with Crippen LogP contribution in [0.4, 0.5) is 4.79 Å². The Morgan fingerprint density at radius 3 is 3.13 bits per heavy atom. The van der Waals surface area contributed by atoms with Crippen molar-refractivity contribution in [3.05, 3.63) is 39.8 Å². The zero-order chi connectivity index (χ0) is 15.7. The summed E-state index contributed by atoms with van der Waals surface area (Å²) in [7, 11) is 0. The molecule has 4 heterocycles. The molecule has 2 N–H and O–H groups in total. The van der Waals surface area contributed by atoms with Crippen molar-refractivity contribution >= 4 is 17.4 Å². The molecular formula is C16H20N4O2S. The SMILES string of the molecule is O=C(NCc1cccs1)N1CCC2(CC1)OCCc1cn[nH]c12. The van der Waals surface area contributed by atoms with Crippen LogP contribution in [0.15, 0.2) is 23.7 Å². The summed E-state index contributed by atoms with van der Waals surface area (Å²) in [6, 6.07) is 4.04. The summed E-state index contributed by atoms with van der Waals surface area (Å²) in [6.45, 7) is 2.74. The molecule has 122 valence electrons. The Morgan fingerprint density at radius 1 is 1.48 bits per heavy atom. The van der Waals surface area contributed by atoms with E-state index in [9.17, 15) is 4.79 Å². The van der Waals surface area contributed by atoms with Crippen LogP contribution >= 0.6 is 11.3 Å². The molecule has 2 amide bonds. The number of hydrogen-bond acceptors (Lipinski definition) is 4. The van der Waals surface area contributed by atoms with E-state index in [1.54, 1.807) is 11.3 Å². The van der Waals surface area contributed by atoms with Gasteiger partial charge in [0.1, 0.15) is 5.60 Å². The van der Waals surface area contributed by atoms with Crippen molar-refractivity contribution in [1.82, 2.24) is 20.4 Å². The van der Waals surface area contributed by atoms with Crippen molar-refractivity contribution in [1.29, 1.82) is 0 Å². The van der Waals surface area contributed by atoms with Crippen LogP contribution in [0.3, 0.4) is 0 Å². The van der Waals surface area contributed by atoms with E-state index in [0.29, 0.717) is 19.6 Å². The number of aromatic nitrogens is 2. The second-order valence-corrected chi connectivity index (χ2v) is 7.12. The molecule has 0 atom stereocenters. The van der Waals surface area contributed by atoms with Gasteiger partial charge in [-0.05, 0) is 36.3 Å². The molecular weight excluding hydrogens is 312 g/mol. The predicted octanol–water partition coefficient (Wildman–Crippen LogP) is 2.24. The minimum atomic E-state index is -0.283. The molecule has 2 aromatic heterocycles. The number of aromatic amines is 1. The average molecular weight is 332 g/mol. The third-order valence-electron chi connectivity index (χ3n) is 4.78. The molecule has 6 nitrogen and oxygen atoms in total. The summed E-state index contributed by atoms with van der Waals surface area (Å²) in [5, 5.41) is 12.3. The Balaban J connectivity index is 1.37. The number of nitrogens with one attached hydrogen (secondary N) is 2. The van der Waals surface area contributed by atoms with Crippen LogP contribution in [0, 0.1) is 0 Å². The van der Waals surface area contributed by atoms with E-state index in [4.69, 9.17) is 4.74 Å². The number of H-pyrrole nitrogens is 1. The van der Waals surface area contributed by atoms with Crippen LogP contribution < -0.4 is 5.32 Å². The number of likely N-dealkylation sites (tertiary alicyclic amines) is 1. The quantitative estimate of drug-likeness (QED) is 0.886. The Hall–Kier alpha value is -1.86. The van der Waals surface area contributed by atoms with Crippen molar-refractivity contribution in [3.63, 3.8) is 0 Å². The van der Waals surface area contributed by atoms with Gasteiger partial charge in [0.15, 0.2) is 0 Å². The molecule has 0 aliphatic carbocycles. The molecule has 2 aliphatic heterocycles. The molecule has 7 heteroatoms. The van der Waals surface area contributed by atoms with E-state index in [2.05, 4.69) is 15.5 Å². The first kappa shape index (κ1) is 14.7. The van der Waals surface area contributed by atoms with Crippen LogP contribution in [-0.2, 0) is 23.3 Å². The molecule has 1 spiro atoms. The lowest BCUT2D eigenvalue weighted by Crippen LogP contribution is -2.50. The maximum absolute atomic E-state index is 12.3. The maximum Gasteiger partial charge on any atom is 0.317 e. The molecule has 4 rings (SSSR count). The molecule has 1 fully saturated rings. The number of urea groups is 1. The van der Waals surface area contributed by atoms with Crippen LogP contribution in [0.5, 0.6) is 0 Å². The van der Waals surface area contributed by atoms with Gasteiger partial charge in [-0.1, -0.05) is 6.07 Å². The first-order chi connectivity index (χ1) is 11.3. The number of carbonyl (C=O) groups excluding carboxylic acids is 1. The van der Waals surface area contributed by atoms with Crippen LogP contribution in [-0.4, -0.2) is 40.8 Å². The van der Waals surface area contributed by atoms with E-state index in [-0.39, 0.29) is 11.6 Å². The monoisotopic (exact) mass is 332 g/mol. The summed E-state index contributed by atoms with van der Waals surface area (Å²) in [6.07, 6.45) is 4.45. The van der Waals surface area contributed by atoms with Gasteiger partial charge in [-0.3, -0.25) is 5.10 Å². The lowest BCUT2D eigenvalue weighted by Gasteiger charge is -2.43. The fourth-order valence-corrected chi connectivity index (χ4v) is 4.12. The van der Waals surface area contributed by atoms with Crippen LogP contribution in [0.1, 0.15) is 29.0 Å². The molecule has 0 aromatic carbocycles. The Morgan fingerprint density at radius 2 is 2.35 bits per heavy atom. The summed E-state index contributed by atoms with van der Waals surface area (Å²) in [5.41, 5.74) is 2.09. The number of rotatable bonds is 2. The van der Waals surface area contributed by atoms with Crippen molar-refractivity contribution in [3.8, 4) is 0 Å². The molecule has 0 bridgehead atoms. The zero-order valence-corrected chi connectivity index (χ0v) is 13.7. The van der Waals surface area contributed by atoms with Gasteiger partial charge >= 0.3 is 6.03 Å². The predicted molar refractivity (Wildman–Crippen MR) is 87.3 cm³/mol. The van der Waals surface area contributed by atoms with E-state index in [1.165, 1.54) is 10.4 Å². The van der Waals surface area contributed by atoms with Gasteiger partial charge in [-0.15, -0.1) is 11.3 Å². The van der Waals surface area contributed by atoms with Gasteiger partial charge in [0.2, 0.25) is 0 Å². The van der Waals surface area contributed by atoms with E-state index >= 15 is 0 Å². The second-order valence-electron chi connectivity index (χ2n) is 6.09. The van der Waals surface area contributed by atoms with Crippen LogP contribution in [0.25, 0.3) is 0 Å². The zero-order valence-electron chi connectivity index (χ0n) is 12.9. The van der Waals surface area contributed by atoms with Gasteiger partial charge in [0.05, 0.1) is 25.0 Å². The summed E-state index contributed by atoms with van der Waals surface area (Å²) in [5.74, 6) is 0. The van der Waals surface area contributed by atoms with Crippen molar-refractivity contribution in [2.75, 3.05) is 19.7 Å². The maximum atomic E-state index is 12.3. The second kappa shape index (κ2) is 5.98. The minimum absolute atomic E-state index is 0.00823. The highest BCUT2D eigenvalue weighted by molar-refractivity contribution is 7.09. The normalized spacial score (nSPS) is 19.6. The lowest BCUT2D eigenvalue weighted by atomic mass is 9.84. The number of ether oxygens (including phenoxy) is 1. The number of carbonyl (C=O) groups is 1.